The molecule has 0 aliphatic carbocycles. The fourth-order valence-electron chi connectivity index (χ4n) is 3.93. The third kappa shape index (κ3) is 5.41. The third-order valence-corrected chi connectivity index (χ3v) is 6.18. The van der Waals surface area contributed by atoms with Crippen molar-refractivity contribution >= 4 is 23.5 Å². The van der Waals surface area contributed by atoms with Crippen LogP contribution in [0.15, 0.2) is 36.5 Å². The fourth-order valence-corrected chi connectivity index (χ4v) is 3.93. The molecule has 1 aromatic carbocycles. The monoisotopic (exact) mass is 469 g/mol. The summed E-state index contributed by atoms with van der Waals surface area (Å²) < 4.78 is 13.7. The fraction of sp³-hybridized carbons (Fsp3) is 0.440. The van der Waals surface area contributed by atoms with Crippen LogP contribution in [0.3, 0.4) is 0 Å². The molecule has 2 heterocycles. The van der Waals surface area contributed by atoms with Gasteiger partial charge in [-0.15, -0.1) is 0 Å². The van der Waals surface area contributed by atoms with Gasteiger partial charge in [-0.25, -0.2) is 9.37 Å². The second kappa shape index (κ2) is 10.7. The number of likely N-dealkylation sites (N-methyl/N-ethyl adjacent to an activating group) is 1. The van der Waals surface area contributed by atoms with Crippen molar-refractivity contribution in [2.75, 3.05) is 11.9 Å². The Morgan fingerprint density at radius 1 is 1.21 bits per heavy atom. The van der Waals surface area contributed by atoms with Crippen molar-refractivity contribution in [3.8, 4) is 0 Å². The number of halogens is 1. The lowest BCUT2D eigenvalue weighted by Crippen LogP contribution is -2.58. The molecule has 1 aliphatic heterocycles. The zero-order valence-corrected chi connectivity index (χ0v) is 20.2. The summed E-state index contributed by atoms with van der Waals surface area (Å²) in [4.78, 5) is 45.2. The van der Waals surface area contributed by atoms with E-state index in [1.807, 2.05) is 26.8 Å². The first-order chi connectivity index (χ1) is 16.1. The molecule has 8 nitrogen and oxygen atoms in total. The van der Waals surface area contributed by atoms with Gasteiger partial charge in [-0.05, 0) is 61.7 Å². The van der Waals surface area contributed by atoms with Gasteiger partial charge >= 0.3 is 0 Å². The summed E-state index contributed by atoms with van der Waals surface area (Å²) in [6, 6.07) is 5.86. The minimum absolute atomic E-state index is 0.134. The molecule has 1 aliphatic rings. The zero-order chi connectivity index (χ0) is 25.0. The van der Waals surface area contributed by atoms with Gasteiger partial charge in [0.25, 0.3) is 5.91 Å². The second-order valence-corrected chi connectivity index (χ2v) is 8.94. The summed E-state index contributed by atoms with van der Waals surface area (Å²) in [5.41, 5.74) is 2.29. The van der Waals surface area contributed by atoms with Crippen LogP contribution in [-0.4, -0.2) is 47.9 Å². The maximum atomic E-state index is 13.7. The van der Waals surface area contributed by atoms with Crippen LogP contribution in [0, 0.1) is 18.7 Å². The molecule has 0 fully saturated rings. The number of hydrogen-bond acceptors (Lipinski definition) is 5. The summed E-state index contributed by atoms with van der Waals surface area (Å²) in [5.74, 6) is -1.25. The van der Waals surface area contributed by atoms with Gasteiger partial charge in [0.1, 0.15) is 23.7 Å². The normalized spacial score (nSPS) is 16.7. The molecular formula is C25H32FN5O3. The molecule has 3 N–H and O–H groups in total. The molecule has 2 unspecified atom stereocenters. The quantitative estimate of drug-likeness (QED) is 0.548. The molecule has 2 aromatic rings. The summed E-state index contributed by atoms with van der Waals surface area (Å²) in [6.45, 7) is 7.35. The highest BCUT2D eigenvalue weighted by atomic mass is 19.1. The number of hydrogen-bond donors (Lipinski definition) is 3. The standard InChI is InChI=1S/C25H32FN5O3/c1-14(2)21(30-23(32)16(4)27-5)25(34)31-20(12-17-7-6-10-28-22(17)31)24(33)29-13-18-11-19(26)9-8-15(18)3/h6-11,14,16,20-21,27H,12-13H2,1-5H3,(H,29,33)(H,30,32)/t16-,20?,21?/m0/s1. The van der Waals surface area contributed by atoms with E-state index in [-0.39, 0.29) is 30.1 Å². The second-order valence-electron chi connectivity index (χ2n) is 8.94. The van der Waals surface area contributed by atoms with Gasteiger partial charge in [0.15, 0.2) is 0 Å². The summed E-state index contributed by atoms with van der Waals surface area (Å²) >= 11 is 0. The van der Waals surface area contributed by atoms with Crippen molar-refractivity contribution in [1.29, 1.82) is 0 Å². The molecule has 3 rings (SSSR count). The Kier molecular flexibility index (Phi) is 7.98. The molecule has 0 radical (unpaired) electrons. The lowest BCUT2D eigenvalue weighted by molar-refractivity contribution is -0.131. The van der Waals surface area contributed by atoms with Crippen LogP contribution in [0.4, 0.5) is 10.2 Å². The topological polar surface area (TPSA) is 103 Å². The summed E-state index contributed by atoms with van der Waals surface area (Å²) in [7, 11) is 1.66. The zero-order valence-electron chi connectivity index (χ0n) is 20.2. The number of carbonyl (C=O) groups is 3. The van der Waals surface area contributed by atoms with E-state index in [2.05, 4.69) is 20.9 Å². The molecule has 3 atom stereocenters. The Balaban J connectivity index is 1.85. The molecule has 0 saturated heterocycles. The lowest BCUT2D eigenvalue weighted by Gasteiger charge is -2.31. The average molecular weight is 470 g/mol. The molecule has 182 valence electrons. The number of amides is 3. The highest BCUT2D eigenvalue weighted by Crippen LogP contribution is 2.31. The number of aromatic nitrogens is 1. The summed E-state index contributed by atoms with van der Waals surface area (Å²) in [6.07, 6.45) is 1.87. The van der Waals surface area contributed by atoms with Gasteiger partial charge in [-0.1, -0.05) is 26.0 Å². The van der Waals surface area contributed by atoms with Gasteiger partial charge < -0.3 is 16.0 Å². The van der Waals surface area contributed by atoms with E-state index in [1.165, 1.54) is 17.0 Å². The first-order valence-corrected chi connectivity index (χ1v) is 11.4. The number of aryl methyl sites for hydroxylation is 1. The molecule has 1 aromatic heterocycles. The van der Waals surface area contributed by atoms with Gasteiger partial charge in [-0.2, -0.15) is 0 Å². The van der Waals surface area contributed by atoms with Crippen molar-refractivity contribution in [3.63, 3.8) is 0 Å². The van der Waals surface area contributed by atoms with Crippen LogP contribution in [0.2, 0.25) is 0 Å². The van der Waals surface area contributed by atoms with E-state index in [9.17, 15) is 18.8 Å². The number of anilines is 1. The van der Waals surface area contributed by atoms with E-state index >= 15 is 0 Å². The smallest absolute Gasteiger partial charge is 0.251 e. The van der Waals surface area contributed by atoms with Crippen molar-refractivity contribution in [2.45, 2.75) is 58.8 Å². The Morgan fingerprint density at radius 3 is 2.62 bits per heavy atom. The van der Waals surface area contributed by atoms with E-state index < -0.39 is 24.0 Å². The maximum absolute atomic E-state index is 13.7. The number of nitrogens with zero attached hydrogens (tertiary/aromatic N) is 2. The number of pyridine rings is 1. The van der Waals surface area contributed by atoms with E-state index in [1.54, 1.807) is 32.3 Å². The Labute approximate surface area is 199 Å². The highest BCUT2D eigenvalue weighted by Gasteiger charge is 2.43. The number of nitrogens with one attached hydrogen (secondary N) is 3. The molecule has 0 spiro atoms. The maximum Gasteiger partial charge on any atom is 0.251 e. The number of benzene rings is 1. The average Bonchev–Trinajstić information content (AvgIpc) is 3.21. The number of fused-ring (bicyclic) bond motifs is 1. The lowest BCUT2D eigenvalue weighted by atomic mass is 10.0. The van der Waals surface area contributed by atoms with Gasteiger partial charge in [0.2, 0.25) is 11.8 Å². The SMILES string of the molecule is CN[C@@H](C)C(=O)NC(C(=O)N1c2ncccc2CC1C(=O)NCc1cc(F)ccc1C)C(C)C. The van der Waals surface area contributed by atoms with Crippen LogP contribution in [-0.2, 0) is 27.3 Å². The van der Waals surface area contributed by atoms with Crippen LogP contribution < -0.4 is 20.9 Å². The molecule has 34 heavy (non-hydrogen) atoms. The van der Waals surface area contributed by atoms with Crippen molar-refractivity contribution in [1.82, 2.24) is 20.9 Å². The van der Waals surface area contributed by atoms with E-state index in [0.29, 0.717) is 17.8 Å². The number of rotatable bonds is 8. The third-order valence-electron chi connectivity index (χ3n) is 6.18. The minimum Gasteiger partial charge on any atom is -0.350 e. The van der Waals surface area contributed by atoms with Crippen LogP contribution in [0.1, 0.15) is 37.5 Å². The Hall–Kier alpha value is -3.33. The highest BCUT2D eigenvalue weighted by molar-refractivity contribution is 6.06. The molecule has 0 bridgehead atoms. The van der Waals surface area contributed by atoms with Crippen LogP contribution in [0.25, 0.3) is 0 Å². The molecular weight excluding hydrogens is 437 g/mol. The predicted octanol–water partition coefficient (Wildman–Crippen LogP) is 1.85. The van der Waals surface area contributed by atoms with Gasteiger partial charge in [0.05, 0.1) is 6.04 Å². The van der Waals surface area contributed by atoms with E-state index in [0.717, 1.165) is 11.1 Å². The molecule has 3 amide bonds. The largest absolute Gasteiger partial charge is 0.350 e. The molecule has 0 saturated carbocycles. The van der Waals surface area contributed by atoms with Crippen molar-refractivity contribution in [3.05, 3.63) is 59.0 Å². The van der Waals surface area contributed by atoms with Crippen molar-refractivity contribution in [2.24, 2.45) is 5.92 Å². The van der Waals surface area contributed by atoms with Crippen LogP contribution in [0.5, 0.6) is 0 Å². The predicted molar refractivity (Wildman–Crippen MR) is 127 cm³/mol. The van der Waals surface area contributed by atoms with Crippen LogP contribution >= 0.6 is 0 Å². The molecule has 9 heteroatoms. The Bertz CT molecular complexity index is 1070. The first-order valence-electron chi connectivity index (χ1n) is 11.4. The van der Waals surface area contributed by atoms with Gasteiger partial charge in [0, 0.05) is 19.2 Å². The minimum atomic E-state index is -0.836. The van der Waals surface area contributed by atoms with E-state index in [4.69, 9.17) is 0 Å². The first kappa shape index (κ1) is 25.3. The van der Waals surface area contributed by atoms with Gasteiger partial charge in [-0.3, -0.25) is 19.3 Å². The Morgan fingerprint density at radius 2 is 1.94 bits per heavy atom. The van der Waals surface area contributed by atoms with Crippen molar-refractivity contribution < 1.29 is 18.8 Å². The summed E-state index contributed by atoms with van der Waals surface area (Å²) in [5, 5.41) is 8.51. The number of carbonyl (C=O) groups excluding carboxylic acids is 3.